The maximum Gasteiger partial charge on any atom is 0.211 e. The molecule has 0 aromatic heterocycles. The van der Waals surface area contributed by atoms with Crippen LogP contribution in [0.25, 0.3) is 0 Å². The average molecular weight is 298 g/mol. The van der Waals surface area contributed by atoms with E-state index in [0.29, 0.717) is 10.7 Å². The van der Waals surface area contributed by atoms with Gasteiger partial charge in [-0.2, -0.15) is 0 Å². The van der Waals surface area contributed by atoms with Crippen LogP contribution in [0.5, 0.6) is 0 Å². The molecule has 1 aliphatic rings. The van der Waals surface area contributed by atoms with Crippen LogP contribution in [-0.2, 0) is 10.0 Å². The zero-order valence-electron chi connectivity index (χ0n) is 9.37. The highest BCUT2D eigenvalue weighted by Gasteiger charge is 2.28. The van der Waals surface area contributed by atoms with E-state index in [2.05, 4.69) is 20.7 Å². The van der Waals surface area contributed by atoms with E-state index in [0.717, 1.165) is 25.7 Å². The molecule has 0 radical (unpaired) electrons. The lowest BCUT2D eigenvalue weighted by molar-refractivity contribution is 0.542. The van der Waals surface area contributed by atoms with Gasteiger partial charge in [0.15, 0.2) is 0 Å². The van der Waals surface area contributed by atoms with Crippen LogP contribution in [0.3, 0.4) is 0 Å². The second-order valence-corrected chi connectivity index (χ2v) is 7.72. The second kappa shape index (κ2) is 5.64. The zero-order valence-corrected chi connectivity index (χ0v) is 11.8. The van der Waals surface area contributed by atoms with Crippen LogP contribution in [-0.4, -0.2) is 25.0 Å². The van der Waals surface area contributed by atoms with Gasteiger partial charge in [0.25, 0.3) is 0 Å². The Hall–Kier alpha value is 0.390. The van der Waals surface area contributed by atoms with Crippen LogP contribution in [0.1, 0.15) is 39.5 Å². The van der Waals surface area contributed by atoms with Crippen molar-refractivity contribution in [3.05, 3.63) is 0 Å². The molecule has 90 valence electrons. The molecule has 2 unspecified atom stereocenters. The third-order valence-corrected chi connectivity index (χ3v) is 5.26. The summed E-state index contributed by atoms with van der Waals surface area (Å²) < 4.78 is 26.2. The molecule has 0 aromatic rings. The van der Waals surface area contributed by atoms with Crippen LogP contribution < -0.4 is 4.72 Å². The third kappa shape index (κ3) is 4.83. The number of halogens is 1. The van der Waals surface area contributed by atoms with Crippen LogP contribution in [0.4, 0.5) is 0 Å². The zero-order chi connectivity index (χ0) is 11.5. The minimum atomic E-state index is -3.07. The van der Waals surface area contributed by atoms with Gasteiger partial charge in [0, 0.05) is 10.9 Å². The first-order valence-corrected chi connectivity index (χ1v) is 8.11. The average Bonchev–Trinajstić information content (AvgIpc) is 2.48. The fourth-order valence-corrected chi connectivity index (χ4v) is 4.27. The van der Waals surface area contributed by atoms with E-state index in [1.54, 1.807) is 0 Å². The molecule has 15 heavy (non-hydrogen) atoms. The summed E-state index contributed by atoms with van der Waals surface area (Å²) in [6.07, 6.45) is 3.86. The molecule has 0 amide bonds. The lowest BCUT2D eigenvalue weighted by Gasteiger charge is -2.16. The van der Waals surface area contributed by atoms with E-state index in [9.17, 15) is 8.42 Å². The molecule has 3 nitrogen and oxygen atoms in total. The fourth-order valence-electron chi connectivity index (χ4n) is 1.73. The number of nitrogens with one attached hydrogen (secondary N) is 1. The van der Waals surface area contributed by atoms with E-state index < -0.39 is 10.0 Å². The Morgan fingerprint density at radius 1 is 1.40 bits per heavy atom. The Balaban J connectivity index is 2.41. The maximum atomic E-state index is 11.7. The van der Waals surface area contributed by atoms with Crippen molar-refractivity contribution < 1.29 is 8.42 Å². The van der Waals surface area contributed by atoms with Crippen molar-refractivity contribution >= 4 is 26.0 Å². The summed E-state index contributed by atoms with van der Waals surface area (Å²) in [5.74, 6) is 0.686. The largest absolute Gasteiger partial charge is 0.212 e. The molecule has 1 N–H and O–H groups in total. The topological polar surface area (TPSA) is 46.2 Å². The Morgan fingerprint density at radius 3 is 2.53 bits per heavy atom. The number of alkyl halides is 1. The molecule has 0 aromatic carbocycles. The van der Waals surface area contributed by atoms with Gasteiger partial charge in [-0.1, -0.05) is 36.2 Å². The van der Waals surface area contributed by atoms with Gasteiger partial charge >= 0.3 is 0 Å². The molecular weight excluding hydrogens is 278 g/mol. The molecule has 0 bridgehead atoms. The molecule has 1 rings (SSSR count). The van der Waals surface area contributed by atoms with Gasteiger partial charge in [-0.3, -0.25) is 0 Å². The molecule has 1 fully saturated rings. The number of hydrogen-bond donors (Lipinski definition) is 1. The van der Waals surface area contributed by atoms with Crippen molar-refractivity contribution in [2.45, 2.75) is 50.4 Å². The molecule has 0 aliphatic heterocycles. The summed E-state index contributed by atoms with van der Waals surface area (Å²) in [4.78, 5) is 0.311. The molecule has 0 saturated heterocycles. The van der Waals surface area contributed by atoms with Crippen molar-refractivity contribution in [2.75, 3.05) is 5.75 Å². The lowest BCUT2D eigenvalue weighted by Crippen LogP contribution is -2.39. The molecule has 1 aliphatic carbocycles. The second-order valence-electron chi connectivity index (χ2n) is 4.67. The van der Waals surface area contributed by atoms with Crippen LogP contribution in [0.2, 0.25) is 0 Å². The van der Waals surface area contributed by atoms with Gasteiger partial charge in [0.2, 0.25) is 10.0 Å². The summed E-state index contributed by atoms with van der Waals surface area (Å²) in [5.41, 5.74) is 0. The third-order valence-electron chi connectivity index (χ3n) is 2.73. The first-order chi connectivity index (χ1) is 6.91. The van der Waals surface area contributed by atoms with Crippen molar-refractivity contribution in [1.29, 1.82) is 0 Å². The van der Waals surface area contributed by atoms with Crippen molar-refractivity contribution in [3.8, 4) is 0 Å². The van der Waals surface area contributed by atoms with Crippen molar-refractivity contribution in [2.24, 2.45) is 5.92 Å². The first kappa shape index (κ1) is 13.5. The van der Waals surface area contributed by atoms with Crippen LogP contribution in [0.15, 0.2) is 0 Å². The fraction of sp³-hybridized carbons (Fsp3) is 1.00. The molecule has 1 saturated carbocycles. The Morgan fingerprint density at radius 2 is 2.07 bits per heavy atom. The van der Waals surface area contributed by atoms with E-state index in [1.807, 2.05) is 13.8 Å². The van der Waals surface area contributed by atoms with E-state index in [1.165, 1.54) is 0 Å². The Bertz CT molecular complexity index is 290. The summed E-state index contributed by atoms with van der Waals surface area (Å²) >= 11 is 3.51. The van der Waals surface area contributed by atoms with Crippen LogP contribution in [0, 0.1) is 5.92 Å². The highest BCUT2D eigenvalue weighted by atomic mass is 79.9. The maximum absolute atomic E-state index is 11.7. The van der Waals surface area contributed by atoms with Gasteiger partial charge < -0.3 is 0 Å². The molecule has 0 spiro atoms. The minimum absolute atomic E-state index is 0.0992. The molecule has 0 heterocycles. The predicted octanol–water partition coefficient (Wildman–Crippen LogP) is 2.27. The monoisotopic (exact) mass is 297 g/mol. The van der Waals surface area contributed by atoms with E-state index in [-0.39, 0.29) is 11.8 Å². The normalized spacial score (nSPS) is 27.5. The first-order valence-electron chi connectivity index (χ1n) is 5.55. The molecular formula is C10H20BrNO2S. The molecule has 5 heteroatoms. The quantitative estimate of drug-likeness (QED) is 0.791. The lowest BCUT2D eigenvalue weighted by atomic mass is 10.2. The standard InChI is InChI=1S/C10H20BrNO2S/c1-8(2)6-7-15(13,14)12-10-5-3-4-9(10)11/h8-10,12H,3-7H2,1-2H3. The van der Waals surface area contributed by atoms with Gasteiger partial charge in [-0.05, 0) is 25.2 Å². The highest BCUT2D eigenvalue weighted by molar-refractivity contribution is 9.09. The van der Waals surface area contributed by atoms with Crippen molar-refractivity contribution in [3.63, 3.8) is 0 Å². The molecule has 2 atom stereocenters. The minimum Gasteiger partial charge on any atom is -0.212 e. The van der Waals surface area contributed by atoms with E-state index >= 15 is 0 Å². The smallest absolute Gasteiger partial charge is 0.211 e. The van der Waals surface area contributed by atoms with Gasteiger partial charge in [-0.25, -0.2) is 13.1 Å². The summed E-state index contributed by atoms with van der Waals surface area (Å²) in [6, 6.07) is 0.0992. The van der Waals surface area contributed by atoms with Crippen molar-refractivity contribution in [1.82, 2.24) is 4.72 Å². The highest BCUT2D eigenvalue weighted by Crippen LogP contribution is 2.26. The van der Waals surface area contributed by atoms with Gasteiger partial charge in [0.1, 0.15) is 0 Å². The SMILES string of the molecule is CC(C)CCS(=O)(=O)NC1CCCC1Br. The summed E-state index contributed by atoms with van der Waals surface area (Å²) in [5, 5.41) is 0. The number of rotatable bonds is 5. The summed E-state index contributed by atoms with van der Waals surface area (Å²) in [7, 11) is -3.07. The van der Waals surface area contributed by atoms with E-state index in [4.69, 9.17) is 0 Å². The van der Waals surface area contributed by atoms with Gasteiger partial charge in [0.05, 0.1) is 5.75 Å². The number of sulfonamides is 1. The predicted molar refractivity (Wildman–Crippen MR) is 66.7 cm³/mol. The number of hydrogen-bond acceptors (Lipinski definition) is 2. The Kier molecular flexibility index (Phi) is 5.06. The van der Waals surface area contributed by atoms with Gasteiger partial charge in [-0.15, -0.1) is 0 Å². The summed E-state index contributed by atoms with van der Waals surface area (Å²) in [6.45, 7) is 4.08. The van der Waals surface area contributed by atoms with Crippen LogP contribution >= 0.6 is 15.9 Å². The Labute approximate surface area is 101 Å².